The molecule has 180 valence electrons. The van der Waals surface area contributed by atoms with Gasteiger partial charge < -0.3 is 14.4 Å². The molecule has 0 fully saturated rings. The highest BCUT2D eigenvalue weighted by atomic mass is 35.5. The van der Waals surface area contributed by atoms with Crippen molar-refractivity contribution in [1.29, 1.82) is 0 Å². The molecule has 0 unspecified atom stereocenters. The first-order chi connectivity index (χ1) is 16.1. The van der Waals surface area contributed by atoms with Gasteiger partial charge in [0, 0.05) is 11.8 Å². The Balaban J connectivity index is 1.79. The molecule has 1 aliphatic heterocycles. The minimum Gasteiger partial charge on any atom is -0.475 e. The SMILES string of the molecule is CSc1nc2c3c(nc(Cl)c(F)c3n1)OCCN2[C@H](C)c1cccnc1NC(=O)OC(C)(C)C. The minimum absolute atomic E-state index is 0.0433. The second-order valence-electron chi connectivity index (χ2n) is 8.57. The van der Waals surface area contributed by atoms with E-state index in [-0.39, 0.29) is 29.2 Å². The summed E-state index contributed by atoms with van der Waals surface area (Å²) in [7, 11) is 0. The number of anilines is 2. The maximum atomic E-state index is 14.9. The number of carbonyl (C=O) groups is 1. The molecule has 3 aromatic rings. The number of carbonyl (C=O) groups excluding carboxylic acids is 1. The van der Waals surface area contributed by atoms with E-state index < -0.39 is 17.5 Å². The van der Waals surface area contributed by atoms with E-state index in [9.17, 15) is 9.18 Å². The van der Waals surface area contributed by atoms with E-state index in [1.54, 1.807) is 39.3 Å². The molecule has 1 atom stereocenters. The lowest BCUT2D eigenvalue weighted by Crippen LogP contribution is -2.32. The Morgan fingerprint density at radius 2 is 2.12 bits per heavy atom. The first-order valence-electron chi connectivity index (χ1n) is 10.5. The Labute approximate surface area is 205 Å². The molecule has 1 aliphatic rings. The van der Waals surface area contributed by atoms with Crippen molar-refractivity contribution in [3.8, 4) is 5.88 Å². The van der Waals surface area contributed by atoms with Gasteiger partial charge in [0.05, 0.1) is 12.6 Å². The third-order valence-corrected chi connectivity index (χ3v) is 5.87. The van der Waals surface area contributed by atoms with Crippen molar-refractivity contribution in [2.75, 3.05) is 29.6 Å². The molecule has 1 N–H and O–H groups in total. The Morgan fingerprint density at radius 3 is 2.82 bits per heavy atom. The van der Waals surface area contributed by atoms with E-state index in [2.05, 4.69) is 25.3 Å². The van der Waals surface area contributed by atoms with Gasteiger partial charge in [-0.15, -0.1) is 0 Å². The third kappa shape index (κ3) is 4.80. The van der Waals surface area contributed by atoms with Crippen molar-refractivity contribution in [3.63, 3.8) is 0 Å². The highest BCUT2D eigenvalue weighted by Crippen LogP contribution is 2.41. The fourth-order valence-electron chi connectivity index (χ4n) is 3.63. The molecule has 0 bridgehead atoms. The molecule has 0 saturated carbocycles. The third-order valence-electron chi connectivity index (χ3n) is 5.07. The summed E-state index contributed by atoms with van der Waals surface area (Å²) in [6.45, 7) is 7.96. The average Bonchev–Trinajstić information content (AvgIpc) is 2.95. The van der Waals surface area contributed by atoms with Gasteiger partial charge in [-0.05, 0) is 40.0 Å². The fraction of sp³-hybridized carbons (Fsp3) is 0.409. The van der Waals surface area contributed by atoms with Crippen LogP contribution in [0.25, 0.3) is 10.9 Å². The number of nitrogens with one attached hydrogen (secondary N) is 1. The predicted octanol–water partition coefficient (Wildman–Crippen LogP) is 5.24. The first kappa shape index (κ1) is 24.2. The topological polar surface area (TPSA) is 102 Å². The van der Waals surface area contributed by atoms with Gasteiger partial charge in [-0.1, -0.05) is 29.4 Å². The maximum absolute atomic E-state index is 14.9. The number of thioether (sulfide) groups is 1. The van der Waals surface area contributed by atoms with E-state index in [1.807, 2.05) is 17.9 Å². The summed E-state index contributed by atoms with van der Waals surface area (Å²) in [6, 6.07) is 3.30. The summed E-state index contributed by atoms with van der Waals surface area (Å²) >= 11 is 7.28. The number of pyridine rings is 2. The van der Waals surface area contributed by atoms with Crippen LogP contribution in [0.3, 0.4) is 0 Å². The molecule has 1 amide bonds. The van der Waals surface area contributed by atoms with Crippen molar-refractivity contribution in [3.05, 3.63) is 34.9 Å². The van der Waals surface area contributed by atoms with Crippen molar-refractivity contribution >= 4 is 52.0 Å². The Bertz CT molecular complexity index is 1260. The van der Waals surface area contributed by atoms with E-state index in [4.69, 9.17) is 21.1 Å². The van der Waals surface area contributed by atoms with E-state index in [0.717, 1.165) is 5.56 Å². The van der Waals surface area contributed by atoms with Crippen molar-refractivity contribution in [1.82, 2.24) is 19.9 Å². The smallest absolute Gasteiger partial charge is 0.413 e. The molecule has 0 spiro atoms. The van der Waals surface area contributed by atoms with Gasteiger partial charge in [-0.3, -0.25) is 5.32 Å². The summed E-state index contributed by atoms with van der Waals surface area (Å²) < 4.78 is 26.1. The maximum Gasteiger partial charge on any atom is 0.413 e. The van der Waals surface area contributed by atoms with Crippen LogP contribution >= 0.6 is 23.4 Å². The zero-order valence-corrected chi connectivity index (χ0v) is 20.9. The molecule has 34 heavy (non-hydrogen) atoms. The van der Waals surface area contributed by atoms with Crippen LogP contribution in [0.15, 0.2) is 23.5 Å². The Hall–Kier alpha value is -2.92. The molecule has 3 aromatic heterocycles. The molecule has 12 heteroatoms. The minimum atomic E-state index is -0.730. The number of halogens is 2. The molecule has 9 nitrogen and oxygen atoms in total. The van der Waals surface area contributed by atoms with Crippen molar-refractivity contribution in [2.24, 2.45) is 0 Å². The number of ether oxygens (including phenoxy) is 2. The van der Waals surface area contributed by atoms with Crippen LogP contribution < -0.4 is 15.0 Å². The number of nitrogens with zero attached hydrogens (tertiary/aromatic N) is 5. The zero-order chi connectivity index (χ0) is 24.6. The van der Waals surface area contributed by atoms with Gasteiger partial charge in [0.1, 0.15) is 34.7 Å². The lowest BCUT2D eigenvalue weighted by Gasteiger charge is -2.30. The molecule has 0 saturated heterocycles. The quantitative estimate of drug-likeness (QED) is 0.289. The monoisotopic (exact) mass is 506 g/mol. The van der Waals surface area contributed by atoms with Crippen LogP contribution in [0.4, 0.5) is 20.8 Å². The van der Waals surface area contributed by atoms with Crippen LogP contribution in [0.1, 0.15) is 39.3 Å². The van der Waals surface area contributed by atoms with Gasteiger partial charge in [0.25, 0.3) is 0 Å². The van der Waals surface area contributed by atoms with Crippen molar-refractivity contribution in [2.45, 2.75) is 44.5 Å². The largest absolute Gasteiger partial charge is 0.475 e. The van der Waals surface area contributed by atoms with Gasteiger partial charge >= 0.3 is 6.09 Å². The molecule has 4 rings (SSSR count). The zero-order valence-electron chi connectivity index (χ0n) is 19.3. The number of aromatic nitrogens is 4. The molecule has 0 radical (unpaired) electrons. The summed E-state index contributed by atoms with van der Waals surface area (Å²) in [4.78, 5) is 31.8. The molecule has 0 aliphatic carbocycles. The second kappa shape index (κ2) is 9.38. The van der Waals surface area contributed by atoms with E-state index in [1.165, 1.54) is 11.8 Å². The average molecular weight is 507 g/mol. The van der Waals surface area contributed by atoms with Crippen LogP contribution in [-0.2, 0) is 4.74 Å². The first-order valence-corrected chi connectivity index (χ1v) is 12.1. The van der Waals surface area contributed by atoms with Gasteiger partial charge in [0.2, 0.25) is 5.88 Å². The van der Waals surface area contributed by atoms with Crippen LogP contribution in [-0.4, -0.2) is 51.0 Å². The van der Waals surface area contributed by atoms with Gasteiger partial charge in [-0.25, -0.2) is 24.1 Å². The molecule has 4 heterocycles. The second-order valence-corrected chi connectivity index (χ2v) is 9.70. The van der Waals surface area contributed by atoms with E-state index in [0.29, 0.717) is 28.7 Å². The highest BCUT2D eigenvalue weighted by molar-refractivity contribution is 7.98. The molecular weight excluding hydrogens is 483 g/mol. The predicted molar refractivity (Wildman–Crippen MR) is 129 cm³/mol. The van der Waals surface area contributed by atoms with Gasteiger partial charge in [-0.2, -0.15) is 4.98 Å². The number of hydrogen-bond donors (Lipinski definition) is 1. The summed E-state index contributed by atoms with van der Waals surface area (Å²) in [6.07, 6.45) is 2.78. The Kier molecular flexibility index (Phi) is 6.68. The lowest BCUT2D eigenvalue weighted by atomic mass is 10.1. The summed E-state index contributed by atoms with van der Waals surface area (Å²) in [5.74, 6) is 0.262. The van der Waals surface area contributed by atoms with Crippen LogP contribution in [0.2, 0.25) is 5.15 Å². The normalized spacial score (nSPS) is 14.4. The Morgan fingerprint density at radius 1 is 1.35 bits per heavy atom. The van der Waals surface area contributed by atoms with Crippen molar-refractivity contribution < 1.29 is 18.7 Å². The number of hydrogen-bond acceptors (Lipinski definition) is 9. The standard InChI is InChI=1S/C22H24ClFN6O3S/c1-11(12-7-6-8-25-17(12)28-21(31)33-22(2,3)4)30-9-10-32-19-13-15(14(24)16(23)27-19)26-20(34-5)29-18(13)30/h6-8,11H,9-10H2,1-5H3,(H,25,28,31)/t11-/m1/s1. The van der Waals surface area contributed by atoms with Crippen LogP contribution in [0.5, 0.6) is 5.88 Å². The lowest BCUT2D eigenvalue weighted by molar-refractivity contribution is 0.0635. The number of rotatable bonds is 4. The van der Waals surface area contributed by atoms with E-state index >= 15 is 0 Å². The highest BCUT2D eigenvalue weighted by Gasteiger charge is 2.30. The molecule has 0 aromatic carbocycles. The number of amides is 1. The summed E-state index contributed by atoms with van der Waals surface area (Å²) in [5.41, 5.74) is 0.105. The molecular formula is C22H24ClFN6O3S. The fourth-order valence-corrected chi connectivity index (χ4v) is 4.16. The van der Waals surface area contributed by atoms with Gasteiger partial charge in [0.15, 0.2) is 16.1 Å². The van der Waals surface area contributed by atoms with Crippen LogP contribution in [0, 0.1) is 5.82 Å². The summed E-state index contributed by atoms with van der Waals surface area (Å²) in [5, 5.41) is 3.14.